The summed E-state index contributed by atoms with van der Waals surface area (Å²) in [6.07, 6.45) is 11.2. The third-order valence-corrected chi connectivity index (χ3v) is 4.70. The first kappa shape index (κ1) is 16.5. The van der Waals surface area contributed by atoms with E-state index in [0.29, 0.717) is 0 Å². The van der Waals surface area contributed by atoms with Gasteiger partial charge in [-0.1, -0.05) is 19.6 Å². The minimum Gasteiger partial charge on any atom is -0.478 e. The summed E-state index contributed by atoms with van der Waals surface area (Å²) in [4.78, 5) is 18.5. The van der Waals surface area contributed by atoms with Crippen LogP contribution in [-0.4, -0.2) is 22.2 Å². The normalized spacial score (nSPS) is 32.0. The molecule has 0 radical (unpaired) electrons. The van der Waals surface area contributed by atoms with Gasteiger partial charge in [-0.05, 0) is 55.8 Å². The van der Waals surface area contributed by atoms with Gasteiger partial charge < -0.3 is 10.2 Å². The Morgan fingerprint density at radius 3 is 1.50 bits per heavy atom. The highest BCUT2D eigenvalue weighted by Gasteiger charge is 2.48. The molecule has 2 N–H and O–H groups in total. The average Bonchev–Trinajstić information content (AvgIpc) is 3.13. The maximum absolute atomic E-state index is 9.25. The minimum atomic E-state index is -0.981. The second-order valence-corrected chi connectivity index (χ2v) is 5.68. The van der Waals surface area contributed by atoms with E-state index in [-0.39, 0.29) is 0 Å². The van der Waals surface area contributed by atoms with Crippen molar-refractivity contribution in [3.05, 3.63) is 25.3 Å². The lowest BCUT2D eigenvalue weighted by molar-refractivity contribution is -0.132. The zero-order valence-electron chi connectivity index (χ0n) is 11.8. The highest BCUT2D eigenvalue weighted by atomic mass is 16.4. The van der Waals surface area contributed by atoms with Crippen LogP contribution in [0.3, 0.4) is 0 Å². The van der Waals surface area contributed by atoms with Gasteiger partial charge in [-0.25, -0.2) is 9.59 Å². The molecule has 2 bridgehead atoms. The molecule has 3 fully saturated rings. The molecular weight excluding hydrogens is 256 g/mol. The summed E-state index contributed by atoms with van der Waals surface area (Å²) in [7, 11) is 0. The Kier molecular flexibility index (Phi) is 6.49. The fourth-order valence-electron chi connectivity index (χ4n) is 4.02. The third kappa shape index (κ3) is 4.51. The van der Waals surface area contributed by atoms with Crippen molar-refractivity contribution in [1.29, 1.82) is 0 Å². The lowest BCUT2D eigenvalue weighted by Gasteiger charge is -2.23. The molecule has 3 rings (SSSR count). The Morgan fingerprint density at radius 1 is 0.850 bits per heavy atom. The molecule has 20 heavy (non-hydrogen) atoms. The van der Waals surface area contributed by atoms with E-state index in [1.165, 1.54) is 23.7 Å². The van der Waals surface area contributed by atoms with Crippen molar-refractivity contribution in [3.63, 3.8) is 0 Å². The molecule has 112 valence electrons. The van der Waals surface area contributed by atoms with Crippen molar-refractivity contribution in [2.45, 2.75) is 38.5 Å². The number of hydrogen-bond donors (Lipinski definition) is 2. The van der Waals surface area contributed by atoms with Crippen LogP contribution in [0.1, 0.15) is 38.5 Å². The molecule has 0 aliphatic heterocycles. The predicted octanol–water partition coefficient (Wildman–Crippen LogP) is 3.35. The van der Waals surface area contributed by atoms with Crippen LogP contribution in [0, 0.1) is 23.7 Å². The summed E-state index contributed by atoms with van der Waals surface area (Å²) in [6, 6.07) is 0. The van der Waals surface area contributed by atoms with Gasteiger partial charge in [0.1, 0.15) is 0 Å². The highest BCUT2D eigenvalue weighted by Crippen LogP contribution is 2.58. The zero-order chi connectivity index (χ0) is 15.1. The number of carboxylic acids is 2. The van der Waals surface area contributed by atoms with Crippen LogP contribution in [0.5, 0.6) is 0 Å². The quantitative estimate of drug-likeness (QED) is 0.761. The summed E-state index contributed by atoms with van der Waals surface area (Å²) < 4.78 is 0. The number of aliphatic carboxylic acids is 2. The lowest BCUT2D eigenvalue weighted by Crippen LogP contribution is -2.15. The first-order chi connectivity index (χ1) is 9.49. The molecule has 4 heteroatoms. The van der Waals surface area contributed by atoms with Gasteiger partial charge in [0.25, 0.3) is 0 Å². The first-order valence-electron chi connectivity index (χ1n) is 7.20. The molecule has 0 heterocycles. The van der Waals surface area contributed by atoms with Crippen LogP contribution in [0.4, 0.5) is 0 Å². The fourth-order valence-corrected chi connectivity index (χ4v) is 4.02. The summed E-state index contributed by atoms with van der Waals surface area (Å²) in [5.41, 5.74) is 0. The fraction of sp³-hybridized carbons (Fsp3) is 0.625. The van der Waals surface area contributed by atoms with Crippen molar-refractivity contribution in [1.82, 2.24) is 0 Å². The van der Waals surface area contributed by atoms with Crippen LogP contribution in [0.15, 0.2) is 25.3 Å². The summed E-state index contributed by atoms with van der Waals surface area (Å²) >= 11 is 0. The van der Waals surface area contributed by atoms with Gasteiger partial charge in [-0.15, -0.1) is 0 Å². The maximum atomic E-state index is 9.25. The van der Waals surface area contributed by atoms with E-state index in [9.17, 15) is 9.59 Å². The van der Waals surface area contributed by atoms with E-state index in [1.807, 2.05) is 0 Å². The Hall–Kier alpha value is -1.58. The molecule has 4 nitrogen and oxygen atoms in total. The van der Waals surface area contributed by atoms with Gasteiger partial charge in [-0.3, -0.25) is 0 Å². The number of hydrogen-bond acceptors (Lipinski definition) is 2. The Balaban J connectivity index is 0.000000173. The van der Waals surface area contributed by atoms with Crippen molar-refractivity contribution in [2.75, 3.05) is 0 Å². The van der Waals surface area contributed by atoms with Crippen LogP contribution in [0.25, 0.3) is 0 Å². The van der Waals surface area contributed by atoms with E-state index in [0.717, 1.165) is 12.2 Å². The second-order valence-electron chi connectivity index (χ2n) is 5.68. The molecule has 0 amide bonds. The van der Waals surface area contributed by atoms with Crippen molar-refractivity contribution >= 4 is 11.9 Å². The van der Waals surface area contributed by atoms with Gasteiger partial charge >= 0.3 is 11.9 Å². The standard InChI is InChI=1S/C10H16.2C3H4O2/c1-2-9-7-4-5-8(6-7)10(9)3-1;2*1-2-3(4)5/h7-10H,1-6H2;2*2H,1H2,(H,4,5). The Bertz CT molecular complexity index is 341. The zero-order valence-corrected chi connectivity index (χ0v) is 11.8. The van der Waals surface area contributed by atoms with E-state index < -0.39 is 11.9 Å². The van der Waals surface area contributed by atoms with Crippen LogP contribution in [0.2, 0.25) is 0 Å². The van der Waals surface area contributed by atoms with Gasteiger partial charge in [0, 0.05) is 12.2 Å². The van der Waals surface area contributed by atoms with Crippen molar-refractivity contribution < 1.29 is 19.8 Å². The molecular formula is C16H24O4. The SMILES string of the molecule is C1CC2C3CCC(C3)C2C1.C=CC(=O)O.C=CC(=O)O. The third-order valence-electron chi connectivity index (χ3n) is 4.70. The first-order valence-corrected chi connectivity index (χ1v) is 7.20. The molecule has 3 aliphatic carbocycles. The van der Waals surface area contributed by atoms with E-state index in [1.54, 1.807) is 38.5 Å². The monoisotopic (exact) mass is 280 g/mol. The van der Waals surface area contributed by atoms with Crippen LogP contribution in [-0.2, 0) is 9.59 Å². The number of carboxylic acid groups (broad SMARTS) is 2. The van der Waals surface area contributed by atoms with Crippen LogP contribution >= 0.6 is 0 Å². The molecule has 0 saturated heterocycles. The van der Waals surface area contributed by atoms with Gasteiger partial charge in [0.15, 0.2) is 0 Å². The second kappa shape index (κ2) is 7.88. The largest absolute Gasteiger partial charge is 0.478 e. The van der Waals surface area contributed by atoms with E-state index in [4.69, 9.17) is 10.2 Å². The van der Waals surface area contributed by atoms with E-state index >= 15 is 0 Å². The molecule has 3 aliphatic rings. The predicted molar refractivity (Wildman–Crippen MR) is 77.3 cm³/mol. The molecule has 0 aromatic carbocycles. The molecule has 0 aromatic heterocycles. The van der Waals surface area contributed by atoms with Gasteiger partial charge in [-0.2, -0.15) is 0 Å². The number of carbonyl (C=O) groups is 2. The van der Waals surface area contributed by atoms with Crippen molar-refractivity contribution in [3.8, 4) is 0 Å². The van der Waals surface area contributed by atoms with Gasteiger partial charge in [0.05, 0.1) is 0 Å². The maximum Gasteiger partial charge on any atom is 0.327 e. The van der Waals surface area contributed by atoms with Crippen LogP contribution < -0.4 is 0 Å². The number of fused-ring (bicyclic) bond motifs is 5. The Labute approximate surface area is 120 Å². The van der Waals surface area contributed by atoms with Gasteiger partial charge in [0.2, 0.25) is 0 Å². The highest BCUT2D eigenvalue weighted by molar-refractivity contribution is 5.79. The summed E-state index contributed by atoms with van der Waals surface area (Å²) in [5.74, 6) is 2.84. The average molecular weight is 280 g/mol. The topological polar surface area (TPSA) is 74.6 Å². The minimum absolute atomic E-state index is 0.833. The van der Waals surface area contributed by atoms with E-state index in [2.05, 4.69) is 13.2 Å². The van der Waals surface area contributed by atoms with Crippen molar-refractivity contribution in [2.24, 2.45) is 23.7 Å². The lowest BCUT2D eigenvalue weighted by atomic mass is 9.82. The Morgan fingerprint density at radius 2 is 1.20 bits per heavy atom. The molecule has 4 unspecified atom stereocenters. The molecule has 4 atom stereocenters. The molecule has 0 aromatic rings. The summed E-state index contributed by atoms with van der Waals surface area (Å²) in [5, 5.41) is 15.2. The molecule has 3 saturated carbocycles. The number of rotatable bonds is 2. The summed E-state index contributed by atoms with van der Waals surface area (Å²) in [6.45, 7) is 5.92. The molecule has 0 spiro atoms. The smallest absolute Gasteiger partial charge is 0.327 e.